The second kappa shape index (κ2) is 12.3. The van der Waals surface area contributed by atoms with E-state index >= 15 is 0 Å². The van der Waals surface area contributed by atoms with Crippen molar-refractivity contribution in [3.63, 3.8) is 0 Å². The molecule has 0 saturated carbocycles. The largest absolute Gasteiger partial charge is 0.494 e. The fourth-order valence-electron chi connectivity index (χ4n) is 4.94. The molecule has 1 fully saturated rings. The molecule has 3 heterocycles. The van der Waals surface area contributed by atoms with Gasteiger partial charge in [0, 0.05) is 29.9 Å². The van der Waals surface area contributed by atoms with Gasteiger partial charge in [0.2, 0.25) is 0 Å². The van der Waals surface area contributed by atoms with Gasteiger partial charge >= 0.3 is 6.18 Å². The summed E-state index contributed by atoms with van der Waals surface area (Å²) in [6, 6.07) is 12.3. The lowest BCUT2D eigenvalue weighted by Gasteiger charge is -2.16. The van der Waals surface area contributed by atoms with Crippen molar-refractivity contribution in [2.24, 2.45) is 0 Å². The Morgan fingerprint density at radius 3 is 2.51 bits per heavy atom. The van der Waals surface area contributed by atoms with E-state index in [1.165, 1.54) is 47.9 Å². The lowest BCUT2D eigenvalue weighted by Crippen LogP contribution is -2.24. The van der Waals surface area contributed by atoms with E-state index in [1.54, 1.807) is 6.20 Å². The predicted molar refractivity (Wildman–Crippen MR) is 149 cm³/mol. The zero-order valence-corrected chi connectivity index (χ0v) is 22.6. The number of ether oxygens (including phenoxy) is 1. The van der Waals surface area contributed by atoms with Gasteiger partial charge in [0.25, 0.3) is 5.56 Å². The molecular formula is C29H32ClF3N4O2. The number of unbranched alkanes of at least 4 members (excludes halogenated alkanes) is 1. The van der Waals surface area contributed by atoms with E-state index < -0.39 is 17.3 Å². The molecule has 1 aliphatic heterocycles. The lowest BCUT2D eigenvalue weighted by molar-refractivity contribution is -0.137. The molecule has 4 aromatic rings. The molecule has 39 heavy (non-hydrogen) atoms. The van der Waals surface area contributed by atoms with Gasteiger partial charge in [-0.05, 0) is 79.9 Å². The molecule has 0 N–H and O–H groups in total. The summed E-state index contributed by atoms with van der Waals surface area (Å²) in [6.07, 6.45) is 2.83. The van der Waals surface area contributed by atoms with E-state index in [0.717, 1.165) is 56.0 Å². The summed E-state index contributed by atoms with van der Waals surface area (Å²) < 4.78 is 50.5. The highest BCUT2D eigenvalue weighted by Crippen LogP contribution is 2.39. The van der Waals surface area contributed by atoms with Crippen LogP contribution >= 0.6 is 12.4 Å². The zero-order valence-electron chi connectivity index (χ0n) is 21.8. The molecule has 0 amide bonds. The van der Waals surface area contributed by atoms with E-state index in [-0.39, 0.29) is 29.3 Å². The number of rotatable bonds is 9. The Morgan fingerprint density at radius 1 is 1.00 bits per heavy atom. The smallest absolute Gasteiger partial charge is 0.417 e. The van der Waals surface area contributed by atoms with Crippen LogP contribution < -0.4 is 10.3 Å². The summed E-state index contributed by atoms with van der Waals surface area (Å²) in [7, 11) is 0. The van der Waals surface area contributed by atoms with Gasteiger partial charge in [-0.2, -0.15) is 18.3 Å². The summed E-state index contributed by atoms with van der Waals surface area (Å²) in [5.74, 6) is 0.164. The third-order valence-corrected chi connectivity index (χ3v) is 7.02. The molecule has 2 aromatic heterocycles. The molecule has 0 unspecified atom stereocenters. The SMILES string of the molecule is CCCCOc1ccc(-c2ccn(-c3ccc4c(cnn4CCN4CCCC4)c3)c(=O)c2)c(C(F)(F)F)c1.Cl. The lowest BCUT2D eigenvalue weighted by atomic mass is 9.99. The van der Waals surface area contributed by atoms with Crippen LogP contribution in [0.5, 0.6) is 5.75 Å². The second-order valence-corrected chi connectivity index (χ2v) is 9.69. The van der Waals surface area contributed by atoms with Gasteiger partial charge in [0.05, 0.1) is 30.4 Å². The first-order valence-electron chi connectivity index (χ1n) is 13.1. The minimum Gasteiger partial charge on any atom is -0.494 e. The van der Waals surface area contributed by atoms with Crippen LogP contribution in [0.25, 0.3) is 27.7 Å². The van der Waals surface area contributed by atoms with Crippen LogP contribution in [-0.2, 0) is 12.7 Å². The number of hydrogen-bond donors (Lipinski definition) is 0. The van der Waals surface area contributed by atoms with Crippen LogP contribution in [0.3, 0.4) is 0 Å². The maximum absolute atomic E-state index is 13.9. The second-order valence-electron chi connectivity index (χ2n) is 9.69. The van der Waals surface area contributed by atoms with Gasteiger partial charge in [-0.1, -0.05) is 19.4 Å². The average Bonchev–Trinajstić information content (AvgIpc) is 3.56. The number of benzene rings is 2. The standard InChI is InChI=1S/C29H31F3N4O2.ClH/c1-2-3-16-38-24-7-8-25(26(19-24)29(30,31)32)21-10-13-35(28(37)18-21)23-6-9-27-22(17-23)20-33-36(27)15-14-34-11-4-5-12-34;/h6-10,13,17-20H,2-5,11-12,14-16H2,1H3;1H. The number of fused-ring (bicyclic) bond motifs is 1. The highest BCUT2D eigenvalue weighted by molar-refractivity contribution is 5.85. The monoisotopic (exact) mass is 560 g/mol. The number of nitrogens with zero attached hydrogens (tertiary/aromatic N) is 4. The van der Waals surface area contributed by atoms with Crippen molar-refractivity contribution >= 4 is 23.3 Å². The topological polar surface area (TPSA) is 52.3 Å². The molecule has 2 aromatic carbocycles. The van der Waals surface area contributed by atoms with Gasteiger partial charge in [0.15, 0.2) is 0 Å². The quantitative estimate of drug-likeness (QED) is 0.217. The van der Waals surface area contributed by atoms with Crippen molar-refractivity contribution < 1.29 is 17.9 Å². The molecule has 5 rings (SSSR count). The first kappa shape index (κ1) is 28.7. The first-order valence-corrected chi connectivity index (χ1v) is 13.1. The number of aromatic nitrogens is 3. The van der Waals surface area contributed by atoms with Gasteiger partial charge in [-0.15, -0.1) is 12.4 Å². The highest BCUT2D eigenvalue weighted by atomic mass is 35.5. The van der Waals surface area contributed by atoms with Crippen LogP contribution in [0.15, 0.2) is 65.7 Å². The fraction of sp³-hybridized carbons (Fsp3) is 0.379. The zero-order chi connectivity index (χ0) is 26.7. The van der Waals surface area contributed by atoms with Crippen LogP contribution in [0.1, 0.15) is 38.2 Å². The van der Waals surface area contributed by atoms with E-state index in [0.29, 0.717) is 12.3 Å². The van der Waals surface area contributed by atoms with Crippen LogP contribution in [0, 0.1) is 0 Å². The minimum absolute atomic E-state index is 0. The summed E-state index contributed by atoms with van der Waals surface area (Å²) in [4.78, 5) is 15.5. The molecule has 1 aliphatic rings. The molecule has 0 atom stereocenters. The molecule has 6 nitrogen and oxygen atoms in total. The molecule has 0 aliphatic carbocycles. The van der Waals surface area contributed by atoms with E-state index in [1.807, 2.05) is 29.8 Å². The molecule has 10 heteroatoms. The number of halogens is 4. The van der Waals surface area contributed by atoms with Gasteiger partial charge < -0.3 is 9.64 Å². The fourth-order valence-corrected chi connectivity index (χ4v) is 4.94. The first-order chi connectivity index (χ1) is 18.3. The van der Waals surface area contributed by atoms with Gasteiger partial charge in [0.1, 0.15) is 5.75 Å². The van der Waals surface area contributed by atoms with E-state index in [4.69, 9.17) is 4.74 Å². The van der Waals surface area contributed by atoms with Crippen molar-refractivity contribution in [3.05, 3.63) is 76.8 Å². The van der Waals surface area contributed by atoms with E-state index in [9.17, 15) is 18.0 Å². The summed E-state index contributed by atoms with van der Waals surface area (Å²) in [5.41, 5.74) is 0.512. The maximum Gasteiger partial charge on any atom is 0.417 e. The molecule has 208 valence electrons. The Kier molecular flexibility index (Phi) is 9.02. The van der Waals surface area contributed by atoms with E-state index in [2.05, 4.69) is 10.00 Å². The van der Waals surface area contributed by atoms with Gasteiger partial charge in [-0.3, -0.25) is 14.0 Å². The Balaban J connectivity index is 0.00000353. The van der Waals surface area contributed by atoms with Crippen molar-refractivity contribution in [2.45, 2.75) is 45.3 Å². The Labute approximate surface area is 231 Å². The Morgan fingerprint density at radius 2 is 1.79 bits per heavy atom. The highest BCUT2D eigenvalue weighted by Gasteiger charge is 2.34. The average molecular weight is 561 g/mol. The Bertz CT molecular complexity index is 1480. The summed E-state index contributed by atoms with van der Waals surface area (Å²) >= 11 is 0. The van der Waals surface area contributed by atoms with Crippen molar-refractivity contribution in [3.8, 4) is 22.6 Å². The van der Waals surface area contributed by atoms with Gasteiger partial charge in [-0.25, -0.2) is 0 Å². The third kappa shape index (κ3) is 6.47. The van der Waals surface area contributed by atoms with Crippen LogP contribution in [-0.4, -0.2) is 45.5 Å². The molecule has 0 radical (unpaired) electrons. The molecule has 0 bridgehead atoms. The molecule has 0 spiro atoms. The van der Waals surface area contributed by atoms with Crippen molar-refractivity contribution in [2.75, 3.05) is 26.2 Å². The number of alkyl halides is 3. The Hall–Kier alpha value is -3.30. The summed E-state index contributed by atoms with van der Waals surface area (Å²) in [5, 5.41) is 5.42. The minimum atomic E-state index is -4.59. The normalized spacial score (nSPS) is 14.1. The maximum atomic E-state index is 13.9. The van der Waals surface area contributed by atoms with Crippen molar-refractivity contribution in [1.82, 2.24) is 19.2 Å². The third-order valence-electron chi connectivity index (χ3n) is 7.02. The number of pyridine rings is 1. The van der Waals surface area contributed by atoms with Crippen molar-refractivity contribution in [1.29, 1.82) is 0 Å². The summed E-state index contributed by atoms with van der Waals surface area (Å²) in [6.45, 7) is 6.34. The number of likely N-dealkylation sites (tertiary alicyclic amines) is 1. The van der Waals surface area contributed by atoms with Crippen LogP contribution in [0.4, 0.5) is 13.2 Å². The molecule has 1 saturated heterocycles. The number of hydrogen-bond acceptors (Lipinski definition) is 4. The predicted octanol–water partition coefficient (Wildman–Crippen LogP) is 6.57. The molecular weight excluding hydrogens is 529 g/mol. The van der Waals surface area contributed by atoms with Crippen LogP contribution in [0.2, 0.25) is 0 Å².